The Morgan fingerprint density at radius 1 is 1.04 bits per heavy atom. The van der Waals surface area contributed by atoms with Crippen molar-refractivity contribution in [2.75, 3.05) is 19.6 Å². The van der Waals surface area contributed by atoms with Gasteiger partial charge in [0.05, 0.1) is 0 Å². The van der Waals surface area contributed by atoms with Gasteiger partial charge in [-0.2, -0.15) is 0 Å². The van der Waals surface area contributed by atoms with Crippen molar-refractivity contribution in [2.45, 2.75) is 26.2 Å². The van der Waals surface area contributed by atoms with Gasteiger partial charge in [-0.3, -0.25) is 14.6 Å². The molecule has 1 aliphatic rings. The molecule has 2 heterocycles. The van der Waals surface area contributed by atoms with Crippen LogP contribution < -0.4 is 5.32 Å². The second-order valence-corrected chi connectivity index (χ2v) is 6.73. The van der Waals surface area contributed by atoms with Crippen LogP contribution in [0.15, 0.2) is 48.8 Å². The first kappa shape index (κ1) is 18.1. The molecule has 2 amide bonds. The Kier molecular flexibility index (Phi) is 6.00. The average Bonchev–Trinajstić information content (AvgIpc) is 2.72. The van der Waals surface area contributed by atoms with Gasteiger partial charge in [-0.15, -0.1) is 0 Å². The molecule has 1 saturated heterocycles. The lowest BCUT2D eigenvalue weighted by molar-refractivity contribution is 0.0684. The number of carbonyl (C=O) groups excluding carboxylic acids is 2. The third-order valence-electron chi connectivity index (χ3n) is 5.00. The molecule has 0 saturated carbocycles. The lowest BCUT2D eigenvalue weighted by Gasteiger charge is -2.32. The second-order valence-electron chi connectivity index (χ2n) is 6.73. The van der Waals surface area contributed by atoms with Gasteiger partial charge in [0.15, 0.2) is 0 Å². The van der Waals surface area contributed by atoms with Crippen molar-refractivity contribution < 1.29 is 9.59 Å². The van der Waals surface area contributed by atoms with E-state index in [-0.39, 0.29) is 11.8 Å². The molecule has 0 aliphatic carbocycles. The van der Waals surface area contributed by atoms with Crippen molar-refractivity contribution in [1.82, 2.24) is 15.2 Å². The first-order chi connectivity index (χ1) is 12.7. The number of hydrogen-bond donors (Lipinski definition) is 1. The SMILES string of the molecule is CCc1ccc(C(=O)NCC2CCN(C(=O)c3ccncc3)CC2)cc1. The third kappa shape index (κ3) is 4.48. The molecule has 2 aromatic rings. The number of carbonyl (C=O) groups is 2. The van der Waals surface area contributed by atoms with Crippen LogP contribution in [0.1, 0.15) is 46.0 Å². The van der Waals surface area contributed by atoms with Crippen molar-refractivity contribution in [2.24, 2.45) is 5.92 Å². The standard InChI is InChI=1S/C21H25N3O2/c1-2-16-3-5-18(6-4-16)20(25)23-15-17-9-13-24(14-10-17)21(26)19-7-11-22-12-8-19/h3-8,11-12,17H,2,9-10,13-15H2,1H3,(H,23,25). The summed E-state index contributed by atoms with van der Waals surface area (Å²) in [5.41, 5.74) is 2.61. The molecule has 1 fully saturated rings. The summed E-state index contributed by atoms with van der Waals surface area (Å²) in [7, 11) is 0. The molecule has 0 unspecified atom stereocenters. The number of aryl methyl sites for hydroxylation is 1. The quantitative estimate of drug-likeness (QED) is 0.901. The number of aromatic nitrogens is 1. The highest BCUT2D eigenvalue weighted by atomic mass is 16.2. The Balaban J connectivity index is 1.45. The number of hydrogen-bond acceptors (Lipinski definition) is 3. The number of benzene rings is 1. The zero-order chi connectivity index (χ0) is 18.4. The summed E-state index contributed by atoms with van der Waals surface area (Å²) in [6.07, 6.45) is 6.07. The summed E-state index contributed by atoms with van der Waals surface area (Å²) in [5.74, 6) is 0.448. The molecule has 136 valence electrons. The number of rotatable bonds is 5. The van der Waals surface area contributed by atoms with E-state index in [9.17, 15) is 9.59 Å². The minimum absolute atomic E-state index is 0.0251. The Bertz CT molecular complexity index is 736. The molecule has 26 heavy (non-hydrogen) atoms. The summed E-state index contributed by atoms with van der Waals surface area (Å²) < 4.78 is 0. The monoisotopic (exact) mass is 351 g/mol. The zero-order valence-electron chi connectivity index (χ0n) is 15.1. The molecule has 0 bridgehead atoms. The second kappa shape index (κ2) is 8.61. The fourth-order valence-corrected chi connectivity index (χ4v) is 3.25. The van der Waals surface area contributed by atoms with Gasteiger partial charge in [0, 0.05) is 43.2 Å². The number of nitrogens with zero attached hydrogens (tertiary/aromatic N) is 2. The number of piperidine rings is 1. The largest absolute Gasteiger partial charge is 0.352 e. The highest BCUT2D eigenvalue weighted by Crippen LogP contribution is 2.18. The van der Waals surface area contributed by atoms with Gasteiger partial charge in [-0.25, -0.2) is 0 Å². The predicted molar refractivity (Wildman–Crippen MR) is 101 cm³/mol. The van der Waals surface area contributed by atoms with Crippen LogP contribution in [-0.2, 0) is 6.42 Å². The highest BCUT2D eigenvalue weighted by Gasteiger charge is 2.24. The van der Waals surface area contributed by atoms with Crippen molar-refractivity contribution in [3.05, 3.63) is 65.5 Å². The lowest BCUT2D eigenvalue weighted by Crippen LogP contribution is -2.41. The summed E-state index contributed by atoms with van der Waals surface area (Å²) in [5, 5.41) is 3.03. The molecule has 3 rings (SSSR count). The molecule has 0 spiro atoms. The van der Waals surface area contributed by atoms with Crippen molar-refractivity contribution >= 4 is 11.8 Å². The predicted octanol–water partition coefficient (Wildman–Crippen LogP) is 2.93. The molecule has 1 N–H and O–H groups in total. The van der Waals surface area contributed by atoms with Crippen molar-refractivity contribution in [1.29, 1.82) is 0 Å². The van der Waals surface area contributed by atoms with Crippen LogP contribution in [0.2, 0.25) is 0 Å². The van der Waals surface area contributed by atoms with Crippen LogP contribution >= 0.6 is 0 Å². The maximum atomic E-state index is 12.4. The summed E-state index contributed by atoms with van der Waals surface area (Å²) in [6, 6.07) is 11.3. The summed E-state index contributed by atoms with van der Waals surface area (Å²) >= 11 is 0. The minimum Gasteiger partial charge on any atom is -0.352 e. The van der Waals surface area contributed by atoms with E-state index < -0.39 is 0 Å². The molecular weight excluding hydrogens is 326 g/mol. The molecule has 1 aliphatic heterocycles. The zero-order valence-corrected chi connectivity index (χ0v) is 15.1. The van der Waals surface area contributed by atoms with Gasteiger partial charge < -0.3 is 10.2 Å². The van der Waals surface area contributed by atoms with Crippen LogP contribution in [0.25, 0.3) is 0 Å². The number of amides is 2. The molecule has 5 nitrogen and oxygen atoms in total. The molecule has 1 aromatic heterocycles. The van der Waals surface area contributed by atoms with E-state index in [0.717, 1.165) is 32.4 Å². The normalized spacial score (nSPS) is 14.9. The minimum atomic E-state index is -0.0251. The molecule has 5 heteroatoms. The van der Waals surface area contributed by atoms with Gasteiger partial charge in [-0.05, 0) is 55.0 Å². The van der Waals surface area contributed by atoms with Gasteiger partial charge in [-0.1, -0.05) is 19.1 Å². The Morgan fingerprint density at radius 2 is 1.69 bits per heavy atom. The Hall–Kier alpha value is -2.69. The molecule has 0 atom stereocenters. The fourth-order valence-electron chi connectivity index (χ4n) is 3.25. The Labute approximate surface area is 154 Å². The lowest BCUT2D eigenvalue weighted by atomic mass is 9.96. The molecule has 1 aromatic carbocycles. The fraction of sp³-hybridized carbons (Fsp3) is 0.381. The smallest absolute Gasteiger partial charge is 0.253 e. The molecular formula is C21H25N3O2. The van der Waals surface area contributed by atoms with Crippen LogP contribution in [0.5, 0.6) is 0 Å². The number of pyridine rings is 1. The van der Waals surface area contributed by atoms with Gasteiger partial charge in [0.1, 0.15) is 0 Å². The van der Waals surface area contributed by atoms with E-state index in [1.165, 1.54) is 5.56 Å². The van der Waals surface area contributed by atoms with Gasteiger partial charge in [0.25, 0.3) is 11.8 Å². The van der Waals surface area contributed by atoms with Crippen molar-refractivity contribution in [3.8, 4) is 0 Å². The number of nitrogens with one attached hydrogen (secondary N) is 1. The van der Waals surface area contributed by atoms with Crippen LogP contribution in [-0.4, -0.2) is 41.3 Å². The van der Waals surface area contributed by atoms with E-state index in [4.69, 9.17) is 0 Å². The molecule has 0 radical (unpaired) electrons. The Morgan fingerprint density at radius 3 is 2.31 bits per heavy atom. The van der Waals surface area contributed by atoms with Crippen LogP contribution in [0.4, 0.5) is 0 Å². The highest BCUT2D eigenvalue weighted by molar-refractivity contribution is 5.94. The van der Waals surface area contributed by atoms with Crippen molar-refractivity contribution in [3.63, 3.8) is 0 Å². The maximum absolute atomic E-state index is 12.4. The van der Waals surface area contributed by atoms with Crippen LogP contribution in [0.3, 0.4) is 0 Å². The van der Waals surface area contributed by atoms with E-state index in [1.54, 1.807) is 24.5 Å². The summed E-state index contributed by atoms with van der Waals surface area (Å²) in [4.78, 5) is 30.5. The van der Waals surface area contributed by atoms with E-state index in [1.807, 2.05) is 29.2 Å². The van der Waals surface area contributed by atoms with Gasteiger partial charge >= 0.3 is 0 Å². The average molecular weight is 351 g/mol. The number of likely N-dealkylation sites (tertiary alicyclic amines) is 1. The first-order valence-electron chi connectivity index (χ1n) is 9.24. The third-order valence-corrected chi connectivity index (χ3v) is 5.00. The first-order valence-corrected chi connectivity index (χ1v) is 9.24. The maximum Gasteiger partial charge on any atom is 0.253 e. The van der Waals surface area contributed by atoms with Gasteiger partial charge in [0.2, 0.25) is 0 Å². The van der Waals surface area contributed by atoms with E-state index >= 15 is 0 Å². The van der Waals surface area contributed by atoms with Crippen LogP contribution in [0, 0.1) is 5.92 Å². The summed E-state index contributed by atoms with van der Waals surface area (Å²) in [6.45, 7) is 4.21. The van der Waals surface area contributed by atoms with E-state index in [0.29, 0.717) is 23.6 Å². The van der Waals surface area contributed by atoms with E-state index in [2.05, 4.69) is 17.2 Å². The topological polar surface area (TPSA) is 62.3 Å².